The molecular formula is C32H20B4N6O3. The summed E-state index contributed by atoms with van der Waals surface area (Å²) in [5, 5.41) is 14.3. The van der Waals surface area contributed by atoms with Crippen molar-refractivity contribution < 1.29 is 14.2 Å². The fourth-order valence-corrected chi connectivity index (χ4v) is 7.24. The molecule has 1 fully saturated rings. The molecule has 6 heterocycles. The zero-order chi connectivity index (χ0) is 29.6. The summed E-state index contributed by atoms with van der Waals surface area (Å²) < 4.78 is 16.1. The molecule has 4 aromatic carbocycles. The number of rotatable bonds is 2. The molecule has 9 nitrogen and oxygen atoms in total. The second-order valence-electron chi connectivity index (χ2n) is 11.5. The quantitative estimate of drug-likeness (QED) is 0.297. The predicted molar refractivity (Wildman–Crippen MR) is 178 cm³/mol. The molecule has 0 spiro atoms. The van der Waals surface area contributed by atoms with Gasteiger partial charge in [-0.05, 0) is 21.9 Å². The Morgan fingerprint density at radius 1 is 0.533 bits per heavy atom. The first-order valence-electron chi connectivity index (χ1n) is 14.9. The van der Waals surface area contributed by atoms with Gasteiger partial charge in [0.05, 0.1) is 34.2 Å². The molecule has 4 aliphatic heterocycles. The van der Waals surface area contributed by atoms with Crippen LogP contribution in [0.15, 0.2) is 110 Å². The van der Waals surface area contributed by atoms with Crippen molar-refractivity contribution in [2.24, 2.45) is 0 Å². The first-order valence-corrected chi connectivity index (χ1v) is 14.9. The van der Waals surface area contributed by atoms with Crippen LogP contribution < -0.4 is 31.8 Å². The lowest BCUT2D eigenvalue weighted by molar-refractivity contribution is 0.437. The van der Waals surface area contributed by atoms with Crippen LogP contribution in [0.1, 0.15) is 0 Å². The third kappa shape index (κ3) is 3.48. The molecule has 10 rings (SSSR count). The smallest absolute Gasteiger partial charge is 0.450 e. The fraction of sp³-hybridized carbons (Fsp3) is 0. The van der Waals surface area contributed by atoms with Crippen molar-refractivity contribution in [3.8, 4) is 45.0 Å². The summed E-state index contributed by atoms with van der Waals surface area (Å²) in [6.45, 7) is 0. The standard InChI is InChI=1S/C32H20B4N6O3/c43-33-23-13-5-1-9-19(23)27-31(41-33)28(38-17-37-27)22-12-4-8-16-26(22)36-44-34-24-14-6-2-10-20(24)29-32-30(40-18-39-29)21-11-3-7-15-25(21)35(45-36)42(32)34/h1-18,41,43H. The number of hydrogen-bond donors (Lipinski definition) is 2. The van der Waals surface area contributed by atoms with E-state index in [4.69, 9.17) is 24.1 Å². The van der Waals surface area contributed by atoms with Crippen LogP contribution in [0.2, 0.25) is 0 Å². The molecule has 2 aromatic heterocycles. The first kappa shape index (κ1) is 25.1. The molecule has 208 valence electrons. The fourth-order valence-electron chi connectivity index (χ4n) is 7.24. The summed E-state index contributed by atoms with van der Waals surface area (Å²) in [5.74, 6) is 0. The lowest BCUT2D eigenvalue weighted by Gasteiger charge is -2.48. The lowest BCUT2D eigenvalue weighted by Crippen LogP contribution is -2.74. The Hall–Kier alpha value is -5.22. The normalized spacial score (nSPS) is 15.0. The van der Waals surface area contributed by atoms with Crippen molar-refractivity contribution >= 4 is 61.5 Å². The number of anilines is 2. The van der Waals surface area contributed by atoms with Crippen LogP contribution in [-0.4, -0.2) is 53.2 Å². The van der Waals surface area contributed by atoms with Gasteiger partial charge in [0.15, 0.2) is 0 Å². The Bertz CT molecular complexity index is 2130. The number of aromatic nitrogens is 4. The van der Waals surface area contributed by atoms with Crippen LogP contribution in [0.5, 0.6) is 0 Å². The molecule has 13 heteroatoms. The van der Waals surface area contributed by atoms with E-state index < -0.39 is 28.3 Å². The molecule has 0 aliphatic carbocycles. The van der Waals surface area contributed by atoms with Crippen LogP contribution in [0.4, 0.5) is 11.4 Å². The van der Waals surface area contributed by atoms with E-state index in [0.29, 0.717) is 11.4 Å². The van der Waals surface area contributed by atoms with Gasteiger partial charge in [-0.2, -0.15) is 0 Å². The van der Waals surface area contributed by atoms with Crippen LogP contribution in [0.3, 0.4) is 0 Å². The van der Waals surface area contributed by atoms with Gasteiger partial charge in [-0.25, -0.2) is 19.9 Å². The molecule has 0 atom stereocenters. The molecule has 6 aromatic rings. The van der Waals surface area contributed by atoms with Crippen molar-refractivity contribution in [1.82, 2.24) is 19.9 Å². The average molecular weight is 580 g/mol. The molecule has 45 heavy (non-hydrogen) atoms. The van der Waals surface area contributed by atoms with Gasteiger partial charge < -0.3 is 24.1 Å². The van der Waals surface area contributed by atoms with Crippen LogP contribution in [0.25, 0.3) is 45.0 Å². The van der Waals surface area contributed by atoms with E-state index in [1.54, 1.807) is 12.7 Å². The highest BCUT2D eigenvalue weighted by Crippen LogP contribution is 2.44. The number of nitrogens with one attached hydrogen (secondary N) is 1. The highest BCUT2D eigenvalue weighted by atomic mass is 16.6. The molecule has 0 unspecified atom stereocenters. The summed E-state index contributed by atoms with van der Waals surface area (Å²) in [5.41, 5.74) is 12.1. The van der Waals surface area contributed by atoms with E-state index in [0.717, 1.165) is 66.9 Å². The molecule has 0 amide bonds. The van der Waals surface area contributed by atoms with Gasteiger partial charge in [-0.3, -0.25) is 0 Å². The predicted octanol–water partition coefficient (Wildman–Crippen LogP) is 1.71. The van der Waals surface area contributed by atoms with Crippen LogP contribution in [0, 0.1) is 0 Å². The third-order valence-corrected chi connectivity index (χ3v) is 9.16. The topological polar surface area (TPSA) is 106 Å². The Morgan fingerprint density at radius 3 is 1.51 bits per heavy atom. The van der Waals surface area contributed by atoms with E-state index in [9.17, 15) is 5.02 Å². The highest BCUT2D eigenvalue weighted by molar-refractivity contribution is 7.00. The summed E-state index contributed by atoms with van der Waals surface area (Å²) in [6, 6.07) is 32.2. The monoisotopic (exact) mass is 580 g/mol. The molecule has 4 aliphatic rings. The average Bonchev–Trinajstić information content (AvgIpc) is 3.11. The zero-order valence-electron chi connectivity index (χ0n) is 23.7. The number of fused-ring (bicyclic) bond motifs is 9. The maximum Gasteiger partial charge on any atom is 0.466 e. The minimum absolute atomic E-state index is 0.449. The van der Waals surface area contributed by atoms with Crippen LogP contribution >= 0.6 is 0 Å². The van der Waals surface area contributed by atoms with Gasteiger partial charge in [-0.1, -0.05) is 97.1 Å². The van der Waals surface area contributed by atoms with E-state index >= 15 is 0 Å². The summed E-state index contributed by atoms with van der Waals surface area (Å²) in [6.07, 6.45) is 3.21. The molecule has 2 N–H and O–H groups in total. The second-order valence-corrected chi connectivity index (χ2v) is 11.5. The lowest BCUT2D eigenvalue weighted by atomic mass is 9.47. The van der Waals surface area contributed by atoms with Crippen molar-refractivity contribution in [1.29, 1.82) is 0 Å². The van der Waals surface area contributed by atoms with Crippen molar-refractivity contribution in [2.45, 2.75) is 0 Å². The van der Waals surface area contributed by atoms with Gasteiger partial charge in [0, 0.05) is 22.3 Å². The molecule has 0 radical (unpaired) electrons. The molecule has 1 saturated heterocycles. The highest BCUT2D eigenvalue weighted by Gasteiger charge is 2.55. The Balaban J connectivity index is 1.15. The first-order chi connectivity index (χ1) is 22.3. The van der Waals surface area contributed by atoms with Crippen molar-refractivity contribution in [2.75, 3.05) is 9.95 Å². The van der Waals surface area contributed by atoms with Gasteiger partial charge in [0.2, 0.25) is 0 Å². The van der Waals surface area contributed by atoms with Crippen LogP contribution in [-0.2, 0) is 9.14 Å². The Morgan fingerprint density at radius 2 is 0.956 bits per heavy atom. The minimum Gasteiger partial charge on any atom is -0.450 e. The number of benzene rings is 4. The van der Waals surface area contributed by atoms with E-state index in [-0.39, 0.29) is 0 Å². The van der Waals surface area contributed by atoms with E-state index in [2.05, 4.69) is 39.2 Å². The van der Waals surface area contributed by atoms with E-state index in [1.165, 1.54) is 0 Å². The third-order valence-electron chi connectivity index (χ3n) is 9.16. The SMILES string of the molecule is OB1Nc2c(ncnc2-c2ccccc2B2OB3c4ccccc4-c4ncnc5c4N3B(O2)c2ccccc2-5)-c2ccccc21. The van der Waals surface area contributed by atoms with Gasteiger partial charge in [0.1, 0.15) is 12.7 Å². The van der Waals surface area contributed by atoms with Gasteiger partial charge >= 0.3 is 28.3 Å². The largest absolute Gasteiger partial charge is 0.466 e. The molecule has 0 saturated carbocycles. The zero-order valence-corrected chi connectivity index (χ0v) is 23.7. The van der Waals surface area contributed by atoms with Crippen molar-refractivity contribution in [3.63, 3.8) is 0 Å². The summed E-state index contributed by atoms with van der Waals surface area (Å²) in [4.78, 5) is 18.8. The summed E-state index contributed by atoms with van der Waals surface area (Å²) in [7, 11) is -2.53. The van der Waals surface area contributed by atoms with E-state index in [1.807, 2.05) is 72.8 Å². The number of hydrogen-bond acceptors (Lipinski definition) is 9. The minimum atomic E-state index is -0.893. The van der Waals surface area contributed by atoms with Gasteiger partial charge in [-0.15, -0.1) is 0 Å². The molecule has 0 bridgehead atoms. The van der Waals surface area contributed by atoms with Crippen molar-refractivity contribution in [3.05, 3.63) is 110 Å². The Labute approximate surface area is 259 Å². The molecular weight excluding hydrogens is 560 g/mol. The summed E-state index contributed by atoms with van der Waals surface area (Å²) >= 11 is 0. The van der Waals surface area contributed by atoms with Gasteiger partial charge in [0.25, 0.3) is 0 Å². The number of nitrogens with zero attached hydrogens (tertiary/aromatic N) is 5. The maximum atomic E-state index is 11.0. The maximum absolute atomic E-state index is 11.0. The Kier molecular flexibility index (Phi) is 5.25. The second kappa shape index (κ2) is 9.39.